The molecule has 2 aromatic carbocycles. The molecule has 2 aromatic rings. The summed E-state index contributed by atoms with van der Waals surface area (Å²) in [5.74, 6) is -0.383. The summed E-state index contributed by atoms with van der Waals surface area (Å²) in [4.78, 5) is 5.43. The maximum absolute atomic E-state index is 13.1. The predicted molar refractivity (Wildman–Crippen MR) is 85.3 cm³/mol. The second kappa shape index (κ2) is 7.33. The molecule has 1 N–H and O–H groups in total. The quantitative estimate of drug-likeness (QED) is 0.874. The third-order valence-electron chi connectivity index (χ3n) is 3.92. The van der Waals surface area contributed by atoms with Crippen LogP contribution in [0.5, 0.6) is 0 Å². The van der Waals surface area contributed by atoms with Crippen molar-refractivity contribution < 1.29 is 13.6 Å². The predicted octanol–water partition coefficient (Wildman–Crippen LogP) is 3.61. The molecule has 1 heterocycles. The average Bonchev–Trinajstić information content (AvgIpc) is 2.58. The third kappa shape index (κ3) is 4.13. The molecule has 5 heteroatoms. The van der Waals surface area contributed by atoms with E-state index >= 15 is 0 Å². The van der Waals surface area contributed by atoms with Crippen LogP contribution >= 0.6 is 0 Å². The number of piperidine rings is 1. The number of nitrogens with one attached hydrogen (secondary N) is 1. The van der Waals surface area contributed by atoms with Gasteiger partial charge < -0.3 is 10.2 Å². The molecule has 0 amide bonds. The number of hydrogen-bond acceptors (Lipinski definition) is 3. The maximum atomic E-state index is 13.1. The second-order valence-corrected chi connectivity index (χ2v) is 5.55. The first kappa shape index (κ1) is 15.6. The highest BCUT2D eigenvalue weighted by Crippen LogP contribution is 2.24. The number of nitrogens with zero attached hydrogens (tertiary/aromatic N) is 1. The van der Waals surface area contributed by atoms with Gasteiger partial charge in [0.2, 0.25) is 0 Å². The summed E-state index contributed by atoms with van der Waals surface area (Å²) < 4.78 is 25.9. The zero-order chi connectivity index (χ0) is 16.1. The molecule has 3 nitrogen and oxygen atoms in total. The van der Waals surface area contributed by atoms with Crippen LogP contribution < -0.4 is 5.32 Å². The third-order valence-corrected chi connectivity index (χ3v) is 3.92. The zero-order valence-electron chi connectivity index (χ0n) is 12.6. The van der Waals surface area contributed by atoms with Gasteiger partial charge in [0.05, 0.1) is 5.71 Å². The molecule has 1 fully saturated rings. The topological polar surface area (TPSA) is 33.6 Å². The van der Waals surface area contributed by atoms with Gasteiger partial charge in [-0.15, -0.1) is 0 Å². The molecule has 0 saturated carbocycles. The minimum Gasteiger partial charge on any atom is -0.391 e. The Morgan fingerprint density at radius 1 is 1.00 bits per heavy atom. The molecule has 0 spiro atoms. The first-order valence-electron chi connectivity index (χ1n) is 7.62. The van der Waals surface area contributed by atoms with Crippen LogP contribution in [0, 0.1) is 11.6 Å². The summed E-state index contributed by atoms with van der Waals surface area (Å²) in [6.07, 6.45) is 0.893. The van der Waals surface area contributed by atoms with Crippen LogP contribution in [0.25, 0.3) is 0 Å². The normalized spacial score (nSPS) is 19.7. The first-order valence-corrected chi connectivity index (χ1v) is 7.62. The van der Waals surface area contributed by atoms with E-state index in [4.69, 9.17) is 4.84 Å². The fourth-order valence-electron chi connectivity index (χ4n) is 2.67. The van der Waals surface area contributed by atoms with Crippen LogP contribution in [-0.2, 0) is 11.4 Å². The minimum atomic E-state index is -0.270. The van der Waals surface area contributed by atoms with Gasteiger partial charge in [0.15, 0.2) is 0 Å². The molecule has 0 aromatic heterocycles. The van der Waals surface area contributed by atoms with Crippen molar-refractivity contribution in [2.45, 2.75) is 18.9 Å². The van der Waals surface area contributed by atoms with Crippen LogP contribution in [0.15, 0.2) is 53.7 Å². The van der Waals surface area contributed by atoms with Gasteiger partial charge in [-0.1, -0.05) is 29.4 Å². The molecular formula is C18H18F2N2O. The maximum Gasteiger partial charge on any atom is 0.142 e. The van der Waals surface area contributed by atoms with E-state index in [-0.39, 0.29) is 17.6 Å². The second-order valence-electron chi connectivity index (χ2n) is 5.55. The van der Waals surface area contributed by atoms with E-state index in [2.05, 4.69) is 10.5 Å². The van der Waals surface area contributed by atoms with E-state index < -0.39 is 0 Å². The van der Waals surface area contributed by atoms with E-state index in [1.54, 1.807) is 24.3 Å². The fourth-order valence-corrected chi connectivity index (χ4v) is 2.67. The van der Waals surface area contributed by atoms with Crippen molar-refractivity contribution in [1.82, 2.24) is 5.32 Å². The first-order chi connectivity index (χ1) is 11.2. The van der Waals surface area contributed by atoms with Crippen molar-refractivity contribution in [3.63, 3.8) is 0 Å². The van der Waals surface area contributed by atoms with Gasteiger partial charge in [-0.2, -0.15) is 0 Å². The van der Waals surface area contributed by atoms with Gasteiger partial charge in [-0.25, -0.2) is 8.78 Å². The Labute approximate surface area is 134 Å². The van der Waals surface area contributed by atoms with Crippen molar-refractivity contribution in [3.8, 4) is 0 Å². The Bertz CT molecular complexity index is 668. The molecular weight excluding hydrogens is 298 g/mol. The molecule has 1 aliphatic rings. The lowest BCUT2D eigenvalue weighted by Crippen LogP contribution is -2.36. The minimum absolute atomic E-state index is 0.130. The summed E-state index contributed by atoms with van der Waals surface area (Å²) in [7, 11) is 0. The molecule has 0 radical (unpaired) electrons. The van der Waals surface area contributed by atoms with Crippen LogP contribution in [0.1, 0.15) is 23.5 Å². The largest absolute Gasteiger partial charge is 0.391 e. The van der Waals surface area contributed by atoms with E-state index in [0.717, 1.165) is 29.8 Å². The van der Waals surface area contributed by atoms with Crippen molar-refractivity contribution >= 4 is 5.71 Å². The molecule has 1 aliphatic heterocycles. The summed E-state index contributed by atoms with van der Waals surface area (Å²) in [6.45, 7) is 1.82. The van der Waals surface area contributed by atoms with Crippen LogP contribution in [0.4, 0.5) is 8.78 Å². The molecule has 1 unspecified atom stereocenters. The summed E-state index contributed by atoms with van der Waals surface area (Å²) in [5, 5.41) is 7.52. The lowest BCUT2D eigenvalue weighted by Gasteiger charge is -2.24. The Kier molecular flexibility index (Phi) is 4.98. The molecule has 3 rings (SSSR count). The monoisotopic (exact) mass is 316 g/mol. The van der Waals surface area contributed by atoms with Gasteiger partial charge in [-0.05, 0) is 48.4 Å². The van der Waals surface area contributed by atoms with E-state index in [1.807, 2.05) is 0 Å². The Hall–Kier alpha value is -2.27. The van der Waals surface area contributed by atoms with Crippen molar-refractivity contribution in [1.29, 1.82) is 0 Å². The standard InChI is InChI=1S/C18H18F2N2O/c19-15-5-1-13(2-6-15)12-23-22-18-11-21-10-9-17(18)14-3-7-16(20)8-4-14/h1-8,17,21H,9-12H2/b22-18+. The van der Waals surface area contributed by atoms with Crippen LogP contribution in [0.3, 0.4) is 0 Å². The highest BCUT2D eigenvalue weighted by atomic mass is 19.1. The highest BCUT2D eigenvalue weighted by molar-refractivity contribution is 5.93. The van der Waals surface area contributed by atoms with Gasteiger partial charge in [0.25, 0.3) is 0 Å². The van der Waals surface area contributed by atoms with Crippen molar-refractivity contribution in [3.05, 3.63) is 71.3 Å². The number of rotatable bonds is 4. The Morgan fingerprint density at radius 3 is 2.35 bits per heavy atom. The summed E-state index contributed by atoms with van der Waals surface area (Å²) in [5.41, 5.74) is 2.79. The SMILES string of the molecule is Fc1ccc(CO/N=C2\CNCCC2c2ccc(F)cc2)cc1. The van der Waals surface area contributed by atoms with Crippen molar-refractivity contribution in [2.24, 2.45) is 5.16 Å². The fraction of sp³-hybridized carbons (Fsp3) is 0.278. The number of benzene rings is 2. The van der Waals surface area contributed by atoms with E-state index in [0.29, 0.717) is 13.2 Å². The van der Waals surface area contributed by atoms with Gasteiger partial charge in [0, 0.05) is 12.5 Å². The molecule has 0 aliphatic carbocycles. The molecule has 120 valence electrons. The number of halogens is 2. The van der Waals surface area contributed by atoms with Crippen molar-refractivity contribution in [2.75, 3.05) is 13.1 Å². The molecule has 1 saturated heterocycles. The van der Waals surface area contributed by atoms with Crippen LogP contribution in [0.2, 0.25) is 0 Å². The van der Waals surface area contributed by atoms with E-state index in [1.165, 1.54) is 24.3 Å². The van der Waals surface area contributed by atoms with E-state index in [9.17, 15) is 8.78 Å². The average molecular weight is 316 g/mol. The molecule has 23 heavy (non-hydrogen) atoms. The zero-order valence-corrected chi connectivity index (χ0v) is 12.6. The van der Waals surface area contributed by atoms with Gasteiger partial charge >= 0.3 is 0 Å². The number of oxime groups is 1. The highest BCUT2D eigenvalue weighted by Gasteiger charge is 2.22. The summed E-state index contributed by atoms with van der Waals surface area (Å²) >= 11 is 0. The lowest BCUT2D eigenvalue weighted by atomic mass is 9.88. The molecule has 0 bridgehead atoms. The smallest absolute Gasteiger partial charge is 0.142 e. The number of hydrogen-bond donors (Lipinski definition) is 1. The lowest BCUT2D eigenvalue weighted by molar-refractivity contribution is 0.128. The summed E-state index contributed by atoms with van der Waals surface area (Å²) in [6, 6.07) is 12.7. The molecule has 1 atom stereocenters. The Morgan fingerprint density at radius 2 is 1.65 bits per heavy atom. The van der Waals surface area contributed by atoms with Gasteiger partial charge in [0.1, 0.15) is 18.2 Å². The van der Waals surface area contributed by atoms with Crippen LogP contribution in [-0.4, -0.2) is 18.8 Å². The van der Waals surface area contributed by atoms with Gasteiger partial charge in [-0.3, -0.25) is 0 Å². The Balaban J connectivity index is 1.68.